The van der Waals surface area contributed by atoms with E-state index in [9.17, 15) is 48.2 Å². The Morgan fingerprint density at radius 2 is 1.16 bits per heavy atom. The summed E-state index contributed by atoms with van der Waals surface area (Å²) in [7, 11) is -5.19. The summed E-state index contributed by atoms with van der Waals surface area (Å²) >= 11 is 0. The van der Waals surface area contributed by atoms with Gasteiger partial charge < -0.3 is 70.1 Å². The van der Waals surface area contributed by atoms with Crippen molar-refractivity contribution in [2.45, 2.75) is 89.7 Å². The van der Waals surface area contributed by atoms with Crippen molar-refractivity contribution in [2.24, 2.45) is 44.6 Å². The van der Waals surface area contributed by atoms with Gasteiger partial charge in [0.2, 0.25) is 29.5 Å². The predicted molar refractivity (Wildman–Crippen MR) is 179 cm³/mol. The largest absolute Gasteiger partial charge is 0.480 e. The molecule has 0 aromatic heterocycles. The molecule has 286 valence electrons. The number of amides is 5. The maximum absolute atomic E-state index is 13.4. The summed E-state index contributed by atoms with van der Waals surface area (Å²) in [5.74, 6) is -6.95. The summed E-state index contributed by atoms with van der Waals surface area (Å²) in [5, 5.41) is 21.2. The molecule has 0 unspecified atom stereocenters. The number of carboxylic acid groups (broad SMARTS) is 1. The minimum atomic E-state index is -5.19. The third kappa shape index (κ3) is 18.8. The number of carbonyl (C=O) groups excluding carboxylic acids is 5. The van der Waals surface area contributed by atoms with Gasteiger partial charge in [-0.1, -0.05) is 13.8 Å². The Morgan fingerprint density at radius 1 is 0.700 bits per heavy atom. The lowest BCUT2D eigenvalue weighted by Gasteiger charge is -2.28. The van der Waals surface area contributed by atoms with Crippen LogP contribution in [0.2, 0.25) is 0 Å². The van der Waals surface area contributed by atoms with Crippen molar-refractivity contribution in [3.63, 3.8) is 0 Å². The van der Waals surface area contributed by atoms with Crippen LogP contribution in [0.3, 0.4) is 0 Å². The fourth-order valence-corrected chi connectivity index (χ4v) is 4.71. The van der Waals surface area contributed by atoms with Crippen LogP contribution in [0.25, 0.3) is 0 Å². The van der Waals surface area contributed by atoms with Crippen molar-refractivity contribution in [2.75, 3.05) is 19.6 Å². The molecule has 0 saturated carbocycles. The van der Waals surface area contributed by atoms with Gasteiger partial charge in [0, 0.05) is 13.1 Å². The molecule has 5 amide bonds. The summed E-state index contributed by atoms with van der Waals surface area (Å²) in [6.45, 7) is 5.00. The molecule has 0 aliphatic carbocycles. The number of rotatable bonds is 23. The van der Waals surface area contributed by atoms with E-state index in [1.54, 1.807) is 0 Å². The molecule has 50 heavy (non-hydrogen) atoms. The number of nitrogens with zero attached hydrogens (tertiary/aromatic N) is 2. The molecule has 0 aromatic rings. The molecule has 23 nitrogen and oxygen atoms in total. The average molecular weight is 739 g/mol. The standard InChI is InChI=1S/C26H51N12O11P/c1-12(2)18(24(44)45)37-23(43)19(14(4)49-50(46,47)48)38-20(40)13(3)34-21(41)16(8-6-10-33-26(30)31)36-22(42)15(35-17(39)11-27)7-5-9-32-25(28)29/h12-16,18-19H,5-11,27H2,1-4H3,(H,34,41)(H,35,39)(H,36,42)(H,37,43)(H,38,40)(H,44,45)(H4,28,29,32)(H4,30,31,33)(H2,46,47,48)/t13-,14+,15-,16-,18-,19-/m0/s1. The number of phosphoric ester groups is 1. The first-order chi connectivity index (χ1) is 23.1. The van der Waals surface area contributed by atoms with Crippen LogP contribution in [-0.4, -0.2) is 118 Å². The highest BCUT2D eigenvalue weighted by Gasteiger charge is 2.36. The molecule has 24 heteroatoms. The number of carbonyl (C=O) groups is 6. The van der Waals surface area contributed by atoms with Crippen LogP contribution in [0, 0.1) is 5.92 Å². The number of nitrogens with two attached hydrogens (primary N) is 5. The van der Waals surface area contributed by atoms with E-state index in [0.29, 0.717) is 0 Å². The van der Waals surface area contributed by atoms with Gasteiger partial charge in [0.05, 0.1) is 12.6 Å². The molecule has 0 radical (unpaired) electrons. The first-order valence-corrected chi connectivity index (χ1v) is 16.9. The smallest absolute Gasteiger partial charge is 0.469 e. The fraction of sp³-hybridized carbons (Fsp3) is 0.692. The molecule has 0 fully saturated rings. The van der Waals surface area contributed by atoms with Gasteiger partial charge in [-0.2, -0.15) is 0 Å². The number of aliphatic carboxylic acids is 1. The minimum Gasteiger partial charge on any atom is -0.480 e. The number of aliphatic imine (C=N–C) groups is 2. The summed E-state index contributed by atoms with van der Waals surface area (Å²) in [6, 6.07) is -7.19. The third-order valence-electron chi connectivity index (χ3n) is 6.70. The van der Waals surface area contributed by atoms with Crippen LogP contribution in [0.15, 0.2) is 9.98 Å². The van der Waals surface area contributed by atoms with Crippen molar-refractivity contribution in [3.05, 3.63) is 0 Å². The highest BCUT2D eigenvalue weighted by atomic mass is 31.2. The van der Waals surface area contributed by atoms with E-state index in [0.717, 1.165) is 6.92 Å². The molecule has 0 bridgehead atoms. The number of phosphoric acid groups is 1. The Bertz CT molecular complexity index is 1290. The van der Waals surface area contributed by atoms with E-state index in [-0.39, 0.29) is 50.7 Å². The second-order valence-electron chi connectivity index (χ2n) is 11.4. The first-order valence-electron chi connectivity index (χ1n) is 15.4. The maximum atomic E-state index is 13.4. The molecule has 0 saturated heterocycles. The molecule has 0 heterocycles. The lowest BCUT2D eigenvalue weighted by Crippen LogP contribution is -2.60. The molecule has 0 spiro atoms. The Balaban J connectivity index is 6.10. The maximum Gasteiger partial charge on any atom is 0.469 e. The van der Waals surface area contributed by atoms with E-state index < -0.39 is 92.1 Å². The predicted octanol–water partition coefficient (Wildman–Crippen LogP) is -5.27. The van der Waals surface area contributed by atoms with Gasteiger partial charge in [0.25, 0.3) is 0 Å². The molecule has 0 rings (SSSR count). The van der Waals surface area contributed by atoms with Crippen LogP contribution in [-0.2, 0) is 37.9 Å². The number of hydrogen-bond acceptors (Lipinski definition) is 11. The molecule has 18 N–H and O–H groups in total. The van der Waals surface area contributed by atoms with Crippen LogP contribution in [0.1, 0.15) is 53.4 Å². The zero-order chi connectivity index (χ0) is 38.8. The molecular weight excluding hydrogens is 687 g/mol. The van der Waals surface area contributed by atoms with E-state index in [2.05, 4.69) is 41.1 Å². The van der Waals surface area contributed by atoms with Crippen molar-refractivity contribution in [3.8, 4) is 0 Å². The fourth-order valence-electron chi connectivity index (χ4n) is 4.16. The minimum absolute atomic E-state index is 0.0490. The normalized spacial score (nSPS) is 14.8. The summed E-state index contributed by atoms with van der Waals surface area (Å²) in [4.78, 5) is 103. The van der Waals surface area contributed by atoms with E-state index in [4.69, 9.17) is 28.7 Å². The summed E-state index contributed by atoms with van der Waals surface area (Å²) in [6.07, 6.45) is -1.27. The second kappa shape index (κ2) is 22.2. The van der Waals surface area contributed by atoms with E-state index >= 15 is 0 Å². The Morgan fingerprint density at radius 3 is 1.58 bits per heavy atom. The lowest BCUT2D eigenvalue weighted by molar-refractivity contribution is -0.144. The van der Waals surface area contributed by atoms with Gasteiger partial charge in [0.1, 0.15) is 30.2 Å². The number of nitrogens with one attached hydrogen (secondary N) is 5. The Kier molecular flexibility index (Phi) is 20.2. The van der Waals surface area contributed by atoms with Crippen LogP contribution in [0.4, 0.5) is 0 Å². The highest BCUT2D eigenvalue weighted by Crippen LogP contribution is 2.38. The average Bonchev–Trinajstić information content (AvgIpc) is 2.99. The van der Waals surface area contributed by atoms with Gasteiger partial charge in [-0.25, -0.2) is 9.36 Å². The Labute approximate surface area is 288 Å². The van der Waals surface area contributed by atoms with Gasteiger partial charge in [-0.05, 0) is 45.4 Å². The van der Waals surface area contributed by atoms with Crippen molar-refractivity contribution in [1.82, 2.24) is 26.6 Å². The number of carboxylic acids is 1. The van der Waals surface area contributed by atoms with Crippen molar-refractivity contribution < 1.29 is 52.7 Å². The summed E-state index contributed by atoms with van der Waals surface area (Å²) < 4.78 is 16.0. The third-order valence-corrected chi connectivity index (χ3v) is 7.30. The molecule has 0 aromatic carbocycles. The molecular formula is C26H51N12O11P. The van der Waals surface area contributed by atoms with Gasteiger partial charge >= 0.3 is 13.8 Å². The zero-order valence-electron chi connectivity index (χ0n) is 28.3. The summed E-state index contributed by atoms with van der Waals surface area (Å²) in [5.41, 5.74) is 26.7. The first kappa shape index (κ1) is 45.4. The highest BCUT2D eigenvalue weighted by molar-refractivity contribution is 7.46. The van der Waals surface area contributed by atoms with Crippen molar-refractivity contribution in [1.29, 1.82) is 0 Å². The molecule has 0 aliphatic heterocycles. The van der Waals surface area contributed by atoms with E-state index in [1.165, 1.54) is 20.8 Å². The second-order valence-corrected chi connectivity index (χ2v) is 12.6. The van der Waals surface area contributed by atoms with E-state index in [1.807, 2.05) is 0 Å². The topological polar surface area (TPSA) is 404 Å². The lowest BCUT2D eigenvalue weighted by atomic mass is 10.0. The number of guanidine groups is 2. The zero-order valence-corrected chi connectivity index (χ0v) is 29.2. The molecule has 6 atom stereocenters. The van der Waals surface area contributed by atoms with Gasteiger partial charge in [0.15, 0.2) is 11.9 Å². The van der Waals surface area contributed by atoms with Gasteiger partial charge in [-0.3, -0.25) is 38.5 Å². The van der Waals surface area contributed by atoms with Crippen LogP contribution >= 0.6 is 7.82 Å². The Hall–Kier alpha value is -4.57. The molecule has 0 aliphatic rings. The van der Waals surface area contributed by atoms with Crippen LogP contribution < -0.4 is 55.3 Å². The van der Waals surface area contributed by atoms with Crippen molar-refractivity contribution >= 4 is 55.2 Å². The van der Waals surface area contributed by atoms with Crippen LogP contribution in [0.5, 0.6) is 0 Å². The monoisotopic (exact) mass is 738 g/mol. The number of hydrogen-bond donors (Lipinski definition) is 13. The SMILES string of the molecule is CC(C)[C@H](NC(=O)[C@@H](NC(=O)[C@H](C)NC(=O)[C@H](CCCN=C(N)N)NC(=O)[C@H](CCCN=C(N)N)NC(=O)CN)[C@@H](C)OP(=O)(O)O)C(=O)O. The van der Waals surface area contributed by atoms with Gasteiger partial charge in [-0.15, -0.1) is 0 Å². The quantitative estimate of drug-likeness (QED) is 0.0201.